The second kappa shape index (κ2) is 10.7. The molecular weight excluding hydrogens is 487 g/mol. The molecule has 1 saturated carbocycles. The Balaban J connectivity index is 1.62. The molecule has 9 heteroatoms. The number of phenolic OH excluding ortho intramolecular Hbond substituents is 1. The molecule has 184 valence electrons. The Morgan fingerprint density at radius 3 is 2.46 bits per heavy atom. The van der Waals surface area contributed by atoms with E-state index in [2.05, 4.69) is 15.7 Å². The van der Waals surface area contributed by atoms with E-state index in [0.717, 1.165) is 37.8 Å². The van der Waals surface area contributed by atoms with Crippen molar-refractivity contribution in [1.29, 1.82) is 0 Å². The van der Waals surface area contributed by atoms with Crippen molar-refractivity contribution in [3.05, 3.63) is 63.8 Å². The number of benzene rings is 2. The zero-order valence-corrected chi connectivity index (χ0v) is 21.2. The predicted octanol–water partition coefficient (Wildman–Crippen LogP) is 6.83. The minimum atomic E-state index is -0.484. The topological polar surface area (TPSA) is 96.3 Å². The average molecular weight is 515 g/mol. The lowest BCUT2D eigenvalue weighted by Gasteiger charge is -2.15. The molecule has 1 unspecified atom stereocenters. The summed E-state index contributed by atoms with van der Waals surface area (Å²) in [5.74, 6) is -0.305. The standard InChI is InChI=1S/C26H28Cl2N4O3/c1-3-15(2)29-26(35)32-22(16-7-4-5-8-16)14-21(31-32)18-12-11-17(13-23(18)33)30-25(34)24-19(27)9-6-10-20(24)28/h6,9-16,33H,3-5,7-8H2,1-2H3,(H,29,35)(H,30,34). The van der Waals surface area contributed by atoms with Gasteiger partial charge < -0.3 is 15.7 Å². The monoisotopic (exact) mass is 514 g/mol. The number of carbonyl (C=O) groups excluding carboxylic acids is 2. The van der Waals surface area contributed by atoms with Crippen molar-refractivity contribution in [2.45, 2.75) is 57.9 Å². The van der Waals surface area contributed by atoms with Crippen LogP contribution >= 0.6 is 23.2 Å². The number of anilines is 1. The molecule has 2 amide bonds. The van der Waals surface area contributed by atoms with Crippen molar-refractivity contribution < 1.29 is 14.7 Å². The Bertz CT molecular complexity index is 1230. The number of nitrogens with one attached hydrogen (secondary N) is 2. The van der Waals surface area contributed by atoms with Crippen molar-refractivity contribution in [3.63, 3.8) is 0 Å². The highest BCUT2D eigenvalue weighted by molar-refractivity contribution is 6.40. The van der Waals surface area contributed by atoms with Gasteiger partial charge in [0.15, 0.2) is 0 Å². The first kappa shape index (κ1) is 25.1. The number of phenols is 1. The summed E-state index contributed by atoms with van der Waals surface area (Å²) in [6.45, 7) is 3.96. The number of hydrogen-bond donors (Lipinski definition) is 3. The summed E-state index contributed by atoms with van der Waals surface area (Å²) in [6.07, 6.45) is 5.05. The molecule has 3 N–H and O–H groups in total. The van der Waals surface area contributed by atoms with E-state index >= 15 is 0 Å². The third-order valence-electron chi connectivity index (χ3n) is 6.41. The van der Waals surface area contributed by atoms with Gasteiger partial charge in [0.05, 0.1) is 27.0 Å². The third-order valence-corrected chi connectivity index (χ3v) is 7.04. The zero-order valence-electron chi connectivity index (χ0n) is 19.6. The van der Waals surface area contributed by atoms with E-state index in [4.69, 9.17) is 23.2 Å². The maximum absolute atomic E-state index is 12.9. The lowest BCUT2D eigenvalue weighted by molar-refractivity contribution is 0.102. The van der Waals surface area contributed by atoms with Crippen molar-refractivity contribution in [3.8, 4) is 17.0 Å². The van der Waals surface area contributed by atoms with Crippen molar-refractivity contribution in [1.82, 2.24) is 15.1 Å². The van der Waals surface area contributed by atoms with Crippen LogP contribution in [0.15, 0.2) is 42.5 Å². The van der Waals surface area contributed by atoms with Gasteiger partial charge in [-0.25, -0.2) is 4.79 Å². The molecule has 1 heterocycles. The molecule has 35 heavy (non-hydrogen) atoms. The number of amides is 2. The maximum atomic E-state index is 12.9. The summed E-state index contributed by atoms with van der Waals surface area (Å²) >= 11 is 12.3. The molecule has 0 saturated heterocycles. The van der Waals surface area contributed by atoms with Crippen LogP contribution in [-0.4, -0.2) is 32.9 Å². The van der Waals surface area contributed by atoms with Gasteiger partial charge in [0.25, 0.3) is 5.91 Å². The van der Waals surface area contributed by atoms with Gasteiger partial charge in [0.2, 0.25) is 0 Å². The van der Waals surface area contributed by atoms with Gasteiger partial charge in [0.1, 0.15) is 5.75 Å². The van der Waals surface area contributed by atoms with E-state index in [9.17, 15) is 14.7 Å². The van der Waals surface area contributed by atoms with Crippen LogP contribution in [0, 0.1) is 0 Å². The van der Waals surface area contributed by atoms with Gasteiger partial charge >= 0.3 is 6.03 Å². The predicted molar refractivity (Wildman–Crippen MR) is 139 cm³/mol. The van der Waals surface area contributed by atoms with E-state index in [1.807, 2.05) is 19.9 Å². The number of halogens is 2. The molecule has 1 atom stereocenters. The van der Waals surface area contributed by atoms with E-state index in [-0.39, 0.29) is 39.3 Å². The molecule has 1 aliphatic rings. The lowest BCUT2D eigenvalue weighted by Crippen LogP contribution is -2.37. The highest BCUT2D eigenvalue weighted by Crippen LogP contribution is 2.38. The van der Waals surface area contributed by atoms with E-state index in [1.54, 1.807) is 30.3 Å². The van der Waals surface area contributed by atoms with Gasteiger partial charge in [-0.15, -0.1) is 0 Å². The molecule has 1 fully saturated rings. The average Bonchev–Trinajstić information content (AvgIpc) is 3.49. The van der Waals surface area contributed by atoms with Crippen LogP contribution in [0.1, 0.15) is 67.9 Å². The highest BCUT2D eigenvalue weighted by Gasteiger charge is 2.26. The summed E-state index contributed by atoms with van der Waals surface area (Å²) < 4.78 is 1.44. The highest BCUT2D eigenvalue weighted by atomic mass is 35.5. The molecule has 0 radical (unpaired) electrons. The normalized spacial score (nSPS) is 14.6. The minimum absolute atomic E-state index is 0.0227. The largest absolute Gasteiger partial charge is 0.507 e. The molecule has 2 aromatic carbocycles. The first-order valence-electron chi connectivity index (χ1n) is 11.8. The van der Waals surface area contributed by atoms with Gasteiger partial charge in [-0.2, -0.15) is 9.78 Å². The fourth-order valence-corrected chi connectivity index (χ4v) is 4.88. The Kier molecular flexibility index (Phi) is 7.67. The zero-order chi connectivity index (χ0) is 25.1. The minimum Gasteiger partial charge on any atom is -0.507 e. The summed E-state index contributed by atoms with van der Waals surface area (Å²) in [5, 5.41) is 21.5. The smallest absolute Gasteiger partial charge is 0.342 e. The number of aromatic nitrogens is 2. The quantitative estimate of drug-likeness (QED) is 0.335. The van der Waals surface area contributed by atoms with Crippen LogP contribution in [0.4, 0.5) is 10.5 Å². The van der Waals surface area contributed by atoms with E-state index < -0.39 is 5.91 Å². The number of nitrogens with zero attached hydrogens (tertiary/aromatic N) is 2. The lowest BCUT2D eigenvalue weighted by atomic mass is 10.0. The molecule has 7 nitrogen and oxygen atoms in total. The van der Waals surface area contributed by atoms with Crippen molar-refractivity contribution >= 4 is 40.8 Å². The molecule has 1 aliphatic carbocycles. The second-order valence-corrected chi connectivity index (χ2v) is 9.70. The van der Waals surface area contributed by atoms with Gasteiger partial charge in [-0.3, -0.25) is 4.79 Å². The molecule has 4 rings (SSSR count). The second-order valence-electron chi connectivity index (χ2n) is 8.89. The molecule has 3 aromatic rings. The van der Waals surface area contributed by atoms with Crippen LogP contribution < -0.4 is 10.6 Å². The van der Waals surface area contributed by atoms with Crippen LogP contribution in [0.25, 0.3) is 11.3 Å². The SMILES string of the molecule is CCC(C)NC(=O)n1nc(-c2ccc(NC(=O)c3c(Cl)cccc3Cl)cc2O)cc1C1CCCC1. The fraction of sp³-hybridized carbons (Fsp3) is 0.346. The van der Waals surface area contributed by atoms with Crippen molar-refractivity contribution in [2.75, 3.05) is 5.32 Å². The number of hydrogen-bond acceptors (Lipinski definition) is 4. The van der Waals surface area contributed by atoms with Gasteiger partial charge in [-0.05, 0) is 56.5 Å². The van der Waals surface area contributed by atoms with Crippen LogP contribution in [-0.2, 0) is 0 Å². The van der Waals surface area contributed by atoms with Crippen LogP contribution in [0.5, 0.6) is 5.75 Å². The summed E-state index contributed by atoms with van der Waals surface area (Å²) in [5.41, 5.74) is 2.34. The Hall–Kier alpha value is -3.03. The summed E-state index contributed by atoms with van der Waals surface area (Å²) in [6, 6.07) is 11.2. The van der Waals surface area contributed by atoms with E-state index in [1.165, 1.54) is 10.7 Å². The molecule has 0 aliphatic heterocycles. The fourth-order valence-electron chi connectivity index (χ4n) is 4.31. The molecule has 0 bridgehead atoms. The molecule has 0 spiro atoms. The first-order valence-corrected chi connectivity index (χ1v) is 12.5. The Labute approximate surface area is 214 Å². The first-order chi connectivity index (χ1) is 16.8. The van der Waals surface area contributed by atoms with Gasteiger partial charge in [-0.1, -0.05) is 49.0 Å². The van der Waals surface area contributed by atoms with E-state index in [0.29, 0.717) is 16.9 Å². The van der Waals surface area contributed by atoms with Crippen molar-refractivity contribution in [2.24, 2.45) is 0 Å². The number of aromatic hydroxyl groups is 1. The summed E-state index contributed by atoms with van der Waals surface area (Å²) in [4.78, 5) is 25.6. The maximum Gasteiger partial charge on any atom is 0.342 e. The Morgan fingerprint density at radius 2 is 1.83 bits per heavy atom. The number of carbonyl (C=O) groups is 2. The number of rotatable bonds is 6. The Morgan fingerprint density at radius 1 is 1.14 bits per heavy atom. The van der Waals surface area contributed by atoms with Gasteiger partial charge in [0, 0.05) is 29.3 Å². The van der Waals surface area contributed by atoms with Crippen LogP contribution in [0.3, 0.4) is 0 Å². The molecule has 1 aromatic heterocycles. The molecular formula is C26H28Cl2N4O3. The third kappa shape index (κ3) is 5.46. The summed E-state index contributed by atoms with van der Waals surface area (Å²) in [7, 11) is 0. The van der Waals surface area contributed by atoms with Crippen LogP contribution in [0.2, 0.25) is 10.0 Å².